The van der Waals surface area contributed by atoms with Crippen LogP contribution in [0.5, 0.6) is 0 Å². The monoisotopic (exact) mass is 178 g/mol. The van der Waals surface area contributed by atoms with Crippen LogP contribution in [0.3, 0.4) is 0 Å². The van der Waals surface area contributed by atoms with E-state index in [2.05, 4.69) is 12.2 Å². The van der Waals surface area contributed by atoms with Crippen LogP contribution in [0.15, 0.2) is 12.2 Å². The molecular weight excluding hydrogens is 164 g/mol. The normalized spacial score (nSPS) is 47.2. The maximum atomic E-state index is 11.4. The fourth-order valence-electron chi connectivity index (χ4n) is 3.19. The molecule has 1 saturated heterocycles. The minimum atomic E-state index is 0.0611. The Balaban J connectivity index is 1.79. The van der Waals surface area contributed by atoms with Gasteiger partial charge in [0.2, 0.25) is 0 Å². The van der Waals surface area contributed by atoms with Crippen molar-refractivity contribution in [3.8, 4) is 0 Å². The van der Waals surface area contributed by atoms with Crippen LogP contribution in [0, 0.1) is 23.7 Å². The summed E-state index contributed by atoms with van der Waals surface area (Å²) in [5, 5.41) is 0. The Hall–Kier alpha value is -0.790. The molecule has 2 bridgehead atoms. The summed E-state index contributed by atoms with van der Waals surface area (Å²) < 4.78 is 5.02. The first-order valence-electron chi connectivity index (χ1n) is 5.19. The van der Waals surface area contributed by atoms with Crippen molar-refractivity contribution in [2.24, 2.45) is 23.7 Å². The molecule has 4 unspecified atom stereocenters. The highest BCUT2D eigenvalue weighted by Gasteiger charge is 2.44. The van der Waals surface area contributed by atoms with Crippen molar-refractivity contribution in [1.82, 2.24) is 0 Å². The smallest absolute Gasteiger partial charge is 0.309 e. The van der Waals surface area contributed by atoms with Gasteiger partial charge >= 0.3 is 5.97 Å². The van der Waals surface area contributed by atoms with Crippen molar-refractivity contribution in [2.75, 3.05) is 6.61 Å². The van der Waals surface area contributed by atoms with Gasteiger partial charge in [-0.25, -0.2) is 0 Å². The summed E-state index contributed by atoms with van der Waals surface area (Å²) >= 11 is 0. The third kappa shape index (κ3) is 1.04. The number of cyclic esters (lactones) is 1. The van der Waals surface area contributed by atoms with E-state index in [0.29, 0.717) is 18.4 Å². The topological polar surface area (TPSA) is 26.3 Å². The lowest BCUT2D eigenvalue weighted by atomic mass is 9.81. The van der Waals surface area contributed by atoms with E-state index in [-0.39, 0.29) is 11.9 Å². The third-order valence-corrected chi connectivity index (χ3v) is 3.82. The second-order valence-corrected chi connectivity index (χ2v) is 4.51. The summed E-state index contributed by atoms with van der Waals surface area (Å²) in [6.45, 7) is 0.654. The number of hydrogen-bond donors (Lipinski definition) is 0. The zero-order valence-electron chi connectivity index (χ0n) is 7.61. The van der Waals surface area contributed by atoms with Gasteiger partial charge in [0.25, 0.3) is 0 Å². The van der Waals surface area contributed by atoms with Crippen LogP contribution in [-0.2, 0) is 9.53 Å². The van der Waals surface area contributed by atoms with Crippen LogP contribution in [0.4, 0.5) is 0 Å². The number of carbonyl (C=O) groups is 1. The minimum absolute atomic E-state index is 0.0611. The van der Waals surface area contributed by atoms with Crippen LogP contribution >= 0.6 is 0 Å². The molecule has 0 aromatic heterocycles. The Labute approximate surface area is 78.0 Å². The van der Waals surface area contributed by atoms with Crippen molar-refractivity contribution in [3.63, 3.8) is 0 Å². The molecule has 3 rings (SSSR count). The fourth-order valence-corrected chi connectivity index (χ4v) is 3.19. The van der Waals surface area contributed by atoms with Gasteiger partial charge in [0, 0.05) is 0 Å². The molecule has 0 aromatic carbocycles. The van der Waals surface area contributed by atoms with Crippen molar-refractivity contribution in [1.29, 1.82) is 0 Å². The van der Waals surface area contributed by atoms with Gasteiger partial charge in [0.15, 0.2) is 0 Å². The SMILES string of the molecule is O=C1OCCC1C1CC2C=CC1C2. The lowest BCUT2D eigenvalue weighted by Crippen LogP contribution is -2.22. The van der Waals surface area contributed by atoms with Crippen LogP contribution in [0.1, 0.15) is 19.3 Å². The van der Waals surface area contributed by atoms with E-state index in [4.69, 9.17) is 4.74 Å². The lowest BCUT2D eigenvalue weighted by Gasteiger charge is -2.21. The van der Waals surface area contributed by atoms with Crippen LogP contribution in [0.25, 0.3) is 0 Å². The number of allylic oxidation sites excluding steroid dienone is 2. The van der Waals surface area contributed by atoms with E-state index >= 15 is 0 Å². The highest BCUT2D eigenvalue weighted by Crippen LogP contribution is 2.48. The molecule has 4 atom stereocenters. The zero-order valence-corrected chi connectivity index (χ0v) is 7.61. The molecule has 2 heteroatoms. The quantitative estimate of drug-likeness (QED) is 0.452. The average Bonchev–Trinajstić information content (AvgIpc) is 2.77. The molecule has 2 nitrogen and oxygen atoms in total. The molecule has 0 spiro atoms. The molecule has 1 saturated carbocycles. The van der Waals surface area contributed by atoms with Crippen molar-refractivity contribution >= 4 is 5.97 Å². The van der Waals surface area contributed by atoms with Gasteiger partial charge in [-0.1, -0.05) is 12.2 Å². The second kappa shape index (κ2) is 2.60. The number of rotatable bonds is 1. The van der Waals surface area contributed by atoms with E-state index < -0.39 is 0 Å². The summed E-state index contributed by atoms with van der Waals surface area (Å²) in [5.41, 5.74) is 0. The van der Waals surface area contributed by atoms with Gasteiger partial charge in [-0.15, -0.1) is 0 Å². The molecule has 1 aliphatic heterocycles. The summed E-state index contributed by atoms with van der Waals surface area (Å²) in [5.74, 6) is 2.33. The van der Waals surface area contributed by atoms with Crippen molar-refractivity contribution < 1.29 is 9.53 Å². The maximum Gasteiger partial charge on any atom is 0.309 e. The lowest BCUT2D eigenvalue weighted by molar-refractivity contribution is -0.142. The number of fused-ring (bicyclic) bond motifs is 2. The predicted octanol–water partition coefficient (Wildman–Crippen LogP) is 1.76. The first kappa shape index (κ1) is 7.60. The molecule has 0 aromatic rings. The van der Waals surface area contributed by atoms with Crippen LogP contribution < -0.4 is 0 Å². The van der Waals surface area contributed by atoms with Gasteiger partial charge in [-0.2, -0.15) is 0 Å². The fraction of sp³-hybridized carbons (Fsp3) is 0.727. The van der Waals surface area contributed by atoms with Gasteiger partial charge in [0.1, 0.15) is 0 Å². The molecule has 13 heavy (non-hydrogen) atoms. The van der Waals surface area contributed by atoms with Crippen molar-refractivity contribution in [3.05, 3.63) is 12.2 Å². The Morgan fingerprint density at radius 1 is 1.31 bits per heavy atom. The number of carbonyl (C=O) groups excluding carboxylic acids is 1. The van der Waals surface area contributed by atoms with Gasteiger partial charge in [-0.3, -0.25) is 4.79 Å². The Bertz CT molecular complexity index is 269. The third-order valence-electron chi connectivity index (χ3n) is 3.82. The standard InChI is InChI=1S/C11H14O2/c12-11-9(3-4-13-11)10-6-7-1-2-8(10)5-7/h1-2,7-10H,3-6H2. The molecule has 3 aliphatic rings. The van der Waals surface area contributed by atoms with Gasteiger partial charge in [0.05, 0.1) is 12.5 Å². The van der Waals surface area contributed by atoms with Crippen LogP contribution in [-0.4, -0.2) is 12.6 Å². The molecule has 0 amide bonds. The molecule has 0 N–H and O–H groups in total. The number of ether oxygens (including phenoxy) is 1. The van der Waals surface area contributed by atoms with Crippen LogP contribution in [0.2, 0.25) is 0 Å². The molecule has 0 radical (unpaired) electrons. The van der Waals surface area contributed by atoms with E-state index in [0.717, 1.165) is 12.3 Å². The highest BCUT2D eigenvalue weighted by molar-refractivity contribution is 5.74. The van der Waals surface area contributed by atoms with Crippen molar-refractivity contribution in [2.45, 2.75) is 19.3 Å². The largest absolute Gasteiger partial charge is 0.465 e. The Morgan fingerprint density at radius 3 is 2.77 bits per heavy atom. The molecule has 70 valence electrons. The predicted molar refractivity (Wildman–Crippen MR) is 47.9 cm³/mol. The number of esters is 1. The first-order chi connectivity index (χ1) is 6.34. The Kier molecular flexibility index (Phi) is 1.52. The van der Waals surface area contributed by atoms with E-state index in [1.54, 1.807) is 0 Å². The van der Waals surface area contributed by atoms with Gasteiger partial charge < -0.3 is 4.74 Å². The summed E-state index contributed by atoms with van der Waals surface area (Å²) in [6.07, 6.45) is 8.10. The molecule has 2 aliphatic carbocycles. The molecular formula is C11H14O2. The minimum Gasteiger partial charge on any atom is -0.465 e. The average molecular weight is 178 g/mol. The first-order valence-corrected chi connectivity index (χ1v) is 5.19. The maximum absolute atomic E-state index is 11.4. The Morgan fingerprint density at radius 2 is 2.23 bits per heavy atom. The summed E-state index contributed by atoms with van der Waals surface area (Å²) in [6, 6.07) is 0. The zero-order chi connectivity index (χ0) is 8.84. The number of hydrogen-bond acceptors (Lipinski definition) is 2. The highest BCUT2D eigenvalue weighted by atomic mass is 16.5. The summed E-state index contributed by atoms with van der Waals surface area (Å²) in [4.78, 5) is 11.4. The second-order valence-electron chi connectivity index (χ2n) is 4.51. The molecule has 2 fully saturated rings. The molecule has 1 heterocycles. The summed E-state index contributed by atoms with van der Waals surface area (Å²) in [7, 11) is 0. The van der Waals surface area contributed by atoms with E-state index in [1.807, 2.05) is 0 Å². The van der Waals surface area contributed by atoms with Gasteiger partial charge in [-0.05, 0) is 37.0 Å². The van der Waals surface area contributed by atoms with E-state index in [1.165, 1.54) is 12.8 Å². The van der Waals surface area contributed by atoms with E-state index in [9.17, 15) is 4.79 Å².